The second-order valence-electron chi connectivity index (χ2n) is 5.52. The standard InChI is InChI=1S/C18H14N4OS3/c1-11-5-2-3-6-12(11)21-14(23)9-25-18-17-16(19-10-20-18)15(22-26-17)13-7-4-8-24-13/h2-8,10H,9H2,1H3,(H,21,23). The molecule has 0 fully saturated rings. The van der Waals surface area contributed by atoms with Crippen LogP contribution in [0.2, 0.25) is 0 Å². The SMILES string of the molecule is Cc1ccccc1NC(=O)CSc1ncnc2c(-c3cccs3)nsc12. The Morgan fingerprint density at radius 1 is 1.19 bits per heavy atom. The summed E-state index contributed by atoms with van der Waals surface area (Å²) in [4.78, 5) is 22.1. The molecule has 0 unspecified atom stereocenters. The number of hydrogen-bond acceptors (Lipinski definition) is 7. The topological polar surface area (TPSA) is 67.8 Å². The molecule has 3 aromatic heterocycles. The van der Waals surface area contributed by atoms with Gasteiger partial charge in [0.05, 0.1) is 10.6 Å². The lowest BCUT2D eigenvalue weighted by molar-refractivity contribution is -0.113. The van der Waals surface area contributed by atoms with E-state index >= 15 is 0 Å². The number of thioether (sulfide) groups is 1. The molecule has 1 N–H and O–H groups in total. The van der Waals surface area contributed by atoms with Crippen LogP contribution in [0.15, 0.2) is 53.1 Å². The summed E-state index contributed by atoms with van der Waals surface area (Å²) < 4.78 is 5.46. The number of aromatic nitrogens is 3. The minimum absolute atomic E-state index is 0.0564. The summed E-state index contributed by atoms with van der Waals surface area (Å²) in [5.74, 6) is 0.228. The van der Waals surface area contributed by atoms with E-state index in [1.807, 2.05) is 48.7 Å². The molecule has 0 spiro atoms. The van der Waals surface area contributed by atoms with E-state index in [1.165, 1.54) is 29.6 Å². The van der Waals surface area contributed by atoms with Crippen molar-refractivity contribution in [3.8, 4) is 10.6 Å². The summed E-state index contributed by atoms with van der Waals surface area (Å²) in [7, 11) is 0. The minimum atomic E-state index is -0.0564. The van der Waals surface area contributed by atoms with E-state index in [0.717, 1.165) is 37.1 Å². The first-order valence-corrected chi connectivity index (χ1v) is 10.5. The maximum absolute atomic E-state index is 12.3. The summed E-state index contributed by atoms with van der Waals surface area (Å²) in [6.45, 7) is 1.97. The molecule has 4 rings (SSSR count). The number of para-hydroxylation sites is 1. The monoisotopic (exact) mass is 398 g/mol. The lowest BCUT2D eigenvalue weighted by Crippen LogP contribution is -2.14. The molecule has 0 saturated heterocycles. The van der Waals surface area contributed by atoms with Crippen LogP contribution in [0.25, 0.3) is 20.8 Å². The molecule has 3 heterocycles. The average Bonchev–Trinajstić information content (AvgIpc) is 3.31. The summed E-state index contributed by atoms with van der Waals surface area (Å²) >= 11 is 4.42. The van der Waals surface area contributed by atoms with Crippen LogP contribution in [0.4, 0.5) is 5.69 Å². The van der Waals surface area contributed by atoms with Gasteiger partial charge in [0.25, 0.3) is 0 Å². The first-order valence-electron chi connectivity index (χ1n) is 7.85. The predicted molar refractivity (Wildman–Crippen MR) is 109 cm³/mol. The van der Waals surface area contributed by atoms with Gasteiger partial charge in [-0.25, -0.2) is 9.97 Å². The molecule has 0 aliphatic rings. The minimum Gasteiger partial charge on any atom is -0.325 e. The van der Waals surface area contributed by atoms with E-state index in [9.17, 15) is 4.79 Å². The zero-order valence-corrected chi connectivity index (χ0v) is 16.3. The van der Waals surface area contributed by atoms with Crippen molar-refractivity contribution in [1.82, 2.24) is 14.3 Å². The van der Waals surface area contributed by atoms with E-state index < -0.39 is 0 Å². The fourth-order valence-corrected chi connectivity index (χ4v) is 4.94. The normalized spacial score (nSPS) is 11.0. The van der Waals surface area contributed by atoms with E-state index in [0.29, 0.717) is 0 Å². The third-order valence-electron chi connectivity index (χ3n) is 3.74. The number of amides is 1. The summed E-state index contributed by atoms with van der Waals surface area (Å²) in [5, 5.41) is 5.75. The molecule has 0 saturated carbocycles. The van der Waals surface area contributed by atoms with E-state index in [4.69, 9.17) is 0 Å². The number of carbonyl (C=O) groups is 1. The van der Waals surface area contributed by atoms with Crippen LogP contribution in [0.1, 0.15) is 5.56 Å². The quantitative estimate of drug-likeness (QED) is 0.384. The van der Waals surface area contributed by atoms with Gasteiger partial charge in [0, 0.05) is 5.69 Å². The van der Waals surface area contributed by atoms with Crippen molar-refractivity contribution in [2.24, 2.45) is 0 Å². The molecule has 1 amide bonds. The number of anilines is 1. The molecule has 130 valence electrons. The van der Waals surface area contributed by atoms with Gasteiger partial charge in [0.15, 0.2) is 0 Å². The van der Waals surface area contributed by atoms with Crippen molar-refractivity contribution in [2.45, 2.75) is 11.9 Å². The maximum atomic E-state index is 12.3. The molecular weight excluding hydrogens is 384 g/mol. The zero-order valence-electron chi connectivity index (χ0n) is 13.8. The van der Waals surface area contributed by atoms with Crippen LogP contribution in [-0.4, -0.2) is 26.0 Å². The Labute approximate surface area is 162 Å². The summed E-state index contributed by atoms with van der Waals surface area (Å²) in [6.07, 6.45) is 1.54. The Kier molecular flexibility index (Phi) is 4.96. The molecule has 4 aromatic rings. The van der Waals surface area contributed by atoms with Gasteiger partial charge in [-0.05, 0) is 41.5 Å². The number of thiophene rings is 1. The van der Waals surface area contributed by atoms with Gasteiger partial charge in [-0.2, -0.15) is 4.37 Å². The number of rotatable bonds is 5. The number of aryl methyl sites for hydroxylation is 1. The number of nitrogens with one attached hydrogen (secondary N) is 1. The van der Waals surface area contributed by atoms with Crippen LogP contribution >= 0.6 is 34.6 Å². The van der Waals surface area contributed by atoms with Crippen LogP contribution in [0.5, 0.6) is 0 Å². The number of carbonyl (C=O) groups excluding carboxylic acids is 1. The number of hydrogen-bond donors (Lipinski definition) is 1. The Morgan fingerprint density at radius 3 is 2.88 bits per heavy atom. The largest absolute Gasteiger partial charge is 0.325 e. The third kappa shape index (κ3) is 3.48. The lowest BCUT2D eigenvalue weighted by atomic mass is 10.2. The third-order valence-corrected chi connectivity index (χ3v) is 6.58. The highest BCUT2D eigenvalue weighted by molar-refractivity contribution is 8.00. The van der Waals surface area contributed by atoms with Crippen molar-refractivity contribution in [3.63, 3.8) is 0 Å². The Hall–Kier alpha value is -2.29. The number of fused-ring (bicyclic) bond motifs is 1. The zero-order chi connectivity index (χ0) is 17.9. The van der Waals surface area contributed by atoms with E-state index in [-0.39, 0.29) is 11.7 Å². The molecular formula is C18H14N4OS3. The van der Waals surface area contributed by atoms with Crippen molar-refractivity contribution in [3.05, 3.63) is 53.7 Å². The van der Waals surface area contributed by atoms with Gasteiger partial charge < -0.3 is 5.32 Å². The first-order chi connectivity index (χ1) is 12.7. The van der Waals surface area contributed by atoms with Crippen molar-refractivity contribution < 1.29 is 4.79 Å². The fourth-order valence-electron chi connectivity index (χ4n) is 2.45. The molecule has 1 aromatic carbocycles. The van der Waals surface area contributed by atoms with Crippen LogP contribution in [0.3, 0.4) is 0 Å². The van der Waals surface area contributed by atoms with E-state index in [1.54, 1.807) is 11.3 Å². The van der Waals surface area contributed by atoms with Gasteiger partial charge in [0.1, 0.15) is 27.3 Å². The molecule has 5 nitrogen and oxygen atoms in total. The maximum Gasteiger partial charge on any atom is 0.234 e. The molecule has 0 aliphatic heterocycles. The van der Waals surface area contributed by atoms with Crippen LogP contribution < -0.4 is 5.32 Å². The highest BCUT2D eigenvalue weighted by atomic mass is 32.2. The van der Waals surface area contributed by atoms with Crippen molar-refractivity contribution in [2.75, 3.05) is 11.1 Å². The smallest absolute Gasteiger partial charge is 0.234 e. The van der Waals surface area contributed by atoms with Crippen LogP contribution in [-0.2, 0) is 4.79 Å². The Balaban J connectivity index is 1.51. The van der Waals surface area contributed by atoms with Crippen molar-refractivity contribution in [1.29, 1.82) is 0 Å². The van der Waals surface area contributed by atoms with Gasteiger partial charge in [-0.1, -0.05) is 36.0 Å². The molecule has 0 radical (unpaired) electrons. The van der Waals surface area contributed by atoms with Gasteiger partial charge in [-0.3, -0.25) is 4.79 Å². The van der Waals surface area contributed by atoms with E-state index in [2.05, 4.69) is 19.7 Å². The second-order valence-corrected chi connectivity index (χ2v) is 8.20. The summed E-state index contributed by atoms with van der Waals surface area (Å²) in [6, 6.07) is 11.8. The molecule has 8 heteroatoms. The molecule has 0 aliphatic carbocycles. The fraction of sp³-hybridized carbons (Fsp3) is 0.111. The highest BCUT2D eigenvalue weighted by Gasteiger charge is 2.16. The van der Waals surface area contributed by atoms with Gasteiger partial charge in [0.2, 0.25) is 5.91 Å². The summed E-state index contributed by atoms with van der Waals surface area (Å²) in [5.41, 5.74) is 3.60. The van der Waals surface area contributed by atoms with Gasteiger partial charge in [-0.15, -0.1) is 11.3 Å². The Bertz CT molecular complexity index is 1060. The molecule has 26 heavy (non-hydrogen) atoms. The lowest BCUT2D eigenvalue weighted by Gasteiger charge is -2.07. The number of nitrogens with zero attached hydrogens (tertiary/aromatic N) is 3. The predicted octanol–water partition coefficient (Wildman–Crippen LogP) is 4.85. The molecule has 0 atom stereocenters. The number of benzene rings is 1. The first kappa shape index (κ1) is 17.1. The van der Waals surface area contributed by atoms with Gasteiger partial charge >= 0.3 is 0 Å². The highest BCUT2D eigenvalue weighted by Crippen LogP contribution is 2.35. The van der Waals surface area contributed by atoms with Crippen molar-refractivity contribution >= 4 is 56.4 Å². The second kappa shape index (κ2) is 7.53. The average molecular weight is 399 g/mol. The van der Waals surface area contributed by atoms with Crippen LogP contribution in [0, 0.1) is 6.92 Å². The Morgan fingerprint density at radius 2 is 2.08 bits per heavy atom. The molecule has 0 bridgehead atoms.